The van der Waals surface area contributed by atoms with Gasteiger partial charge < -0.3 is 9.80 Å². The number of non-ortho nitro benzene ring substituents is 1. The molecule has 1 fully saturated rings. The monoisotopic (exact) mass is 315 g/mol. The molecule has 1 aliphatic carbocycles. The van der Waals surface area contributed by atoms with Crippen LogP contribution >= 0.6 is 0 Å². The van der Waals surface area contributed by atoms with Crippen molar-refractivity contribution in [2.75, 3.05) is 31.1 Å². The van der Waals surface area contributed by atoms with Gasteiger partial charge in [0.05, 0.1) is 4.92 Å². The fourth-order valence-corrected chi connectivity index (χ4v) is 3.25. The lowest BCUT2D eigenvalue weighted by Gasteiger charge is -2.37. The van der Waals surface area contributed by atoms with Gasteiger partial charge in [-0.3, -0.25) is 14.9 Å². The smallest absolute Gasteiger partial charge is 0.269 e. The number of carbonyl (C=O) groups is 1. The van der Waals surface area contributed by atoms with Crippen molar-refractivity contribution in [2.45, 2.75) is 19.3 Å². The number of hydrogen-bond donors (Lipinski definition) is 0. The maximum absolute atomic E-state index is 12.5. The van der Waals surface area contributed by atoms with Gasteiger partial charge in [0.1, 0.15) is 0 Å². The van der Waals surface area contributed by atoms with Crippen LogP contribution in [0, 0.1) is 16.0 Å². The number of nitro benzene ring substituents is 1. The fraction of sp³-hybridized carbons (Fsp3) is 0.471. The van der Waals surface area contributed by atoms with Crippen LogP contribution in [0.2, 0.25) is 0 Å². The summed E-state index contributed by atoms with van der Waals surface area (Å²) in [6.07, 6.45) is 7.08. The normalized spacial score (nSPS) is 21.3. The van der Waals surface area contributed by atoms with Gasteiger partial charge in [0.2, 0.25) is 5.91 Å². The Balaban J connectivity index is 1.56. The van der Waals surface area contributed by atoms with E-state index in [1.807, 2.05) is 4.90 Å². The van der Waals surface area contributed by atoms with Crippen molar-refractivity contribution in [1.29, 1.82) is 0 Å². The van der Waals surface area contributed by atoms with Crippen LogP contribution < -0.4 is 4.90 Å². The van der Waals surface area contributed by atoms with Gasteiger partial charge in [0.25, 0.3) is 5.69 Å². The van der Waals surface area contributed by atoms with Gasteiger partial charge in [-0.25, -0.2) is 0 Å². The summed E-state index contributed by atoms with van der Waals surface area (Å²) in [5, 5.41) is 10.7. The van der Waals surface area contributed by atoms with Crippen LogP contribution in [0.3, 0.4) is 0 Å². The zero-order valence-electron chi connectivity index (χ0n) is 13.1. The van der Waals surface area contributed by atoms with E-state index in [0.29, 0.717) is 0 Å². The molecule has 6 nitrogen and oxygen atoms in total. The quantitative estimate of drug-likeness (QED) is 0.488. The van der Waals surface area contributed by atoms with E-state index < -0.39 is 0 Å². The highest BCUT2D eigenvalue weighted by Gasteiger charge is 2.27. The van der Waals surface area contributed by atoms with Crippen molar-refractivity contribution < 1.29 is 9.72 Å². The Hall–Kier alpha value is -2.37. The summed E-state index contributed by atoms with van der Waals surface area (Å²) in [4.78, 5) is 27.0. The zero-order chi connectivity index (χ0) is 16.2. The standard InChI is InChI=1S/C17H21N3O3/c21-17(14-4-2-1-3-5-14)19-12-10-18(11-13-19)15-6-8-16(9-7-15)20(22)23/h1-2,6-9,14H,3-5,10-13H2. The van der Waals surface area contributed by atoms with Crippen molar-refractivity contribution in [3.63, 3.8) is 0 Å². The topological polar surface area (TPSA) is 66.7 Å². The first-order valence-corrected chi connectivity index (χ1v) is 8.08. The first-order valence-electron chi connectivity index (χ1n) is 8.08. The largest absolute Gasteiger partial charge is 0.368 e. The summed E-state index contributed by atoms with van der Waals surface area (Å²) in [5.74, 6) is 0.420. The summed E-state index contributed by atoms with van der Waals surface area (Å²) in [5.41, 5.74) is 1.08. The van der Waals surface area contributed by atoms with Crippen LogP contribution in [0.25, 0.3) is 0 Å². The van der Waals surface area contributed by atoms with E-state index in [1.54, 1.807) is 12.1 Å². The molecule has 1 heterocycles. The molecule has 23 heavy (non-hydrogen) atoms. The molecule has 1 amide bonds. The zero-order valence-corrected chi connectivity index (χ0v) is 13.1. The van der Waals surface area contributed by atoms with Crippen molar-refractivity contribution in [1.82, 2.24) is 4.90 Å². The molecule has 1 aliphatic heterocycles. The van der Waals surface area contributed by atoms with Crippen LogP contribution in [-0.4, -0.2) is 41.9 Å². The SMILES string of the molecule is O=C(C1CC=CCC1)N1CCN(c2ccc([N+](=O)[O-])cc2)CC1. The molecule has 3 rings (SSSR count). The van der Waals surface area contributed by atoms with Crippen molar-refractivity contribution in [3.05, 3.63) is 46.5 Å². The number of amides is 1. The van der Waals surface area contributed by atoms with Crippen molar-refractivity contribution >= 4 is 17.3 Å². The molecule has 1 aromatic carbocycles. The number of carbonyl (C=O) groups excluding carboxylic acids is 1. The molecular formula is C17H21N3O3. The summed E-state index contributed by atoms with van der Waals surface area (Å²) < 4.78 is 0. The van der Waals surface area contributed by atoms with E-state index in [0.717, 1.165) is 51.1 Å². The summed E-state index contributed by atoms with van der Waals surface area (Å²) in [7, 11) is 0. The minimum atomic E-state index is -0.390. The third-order valence-corrected chi connectivity index (χ3v) is 4.64. The predicted octanol–water partition coefficient (Wildman–Crippen LogP) is 2.60. The number of anilines is 1. The second kappa shape index (κ2) is 6.81. The van der Waals surface area contributed by atoms with Crippen LogP contribution in [0.4, 0.5) is 11.4 Å². The number of allylic oxidation sites excluding steroid dienone is 2. The Morgan fingerprint density at radius 2 is 1.78 bits per heavy atom. The second-order valence-electron chi connectivity index (χ2n) is 6.07. The van der Waals surface area contributed by atoms with Gasteiger partial charge in [-0.2, -0.15) is 0 Å². The highest BCUT2D eigenvalue weighted by atomic mass is 16.6. The van der Waals surface area contributed by atoms with Crippen LogP contribution in [0.5, 0.6) is 0 Å². The van der Waals surface area contributed by atoms with Gasteiger partial charge in [0, 0.05) is 49.9 Å². The average Bonchev–Trinajstić information content (AvgIpc) is 2.62. The molecule has 2 aliphatic rings. The summed E-state index contributed by atoms with van der Waals surface area (Å²) in [6, 6.07) is 6.62. The summed E-state index contributed by atoms with van der Waals surface area (Å²) in [6.45, 7) is 2.98. The Labute approximate surface area is 135 Å². The van der Waals surface area contributed by atoms with E-state index >= 15 is 0 Å². The van der Waals surface area contributed by atoms with E-state index in [9.17, 15) is 14.9 Å². The first kappa shape index (κ1) is 15.5. The van der Waals surface area contributed by atoms with Crippen molar-refractivity contribution in [3.8, 4) is 0 Å². The lowest BCUT2D eigenvalue weighted by atomic mass is 9.93. The third kappa shape index (κ3) is 3.52. The number of nitrogens with zero attached hydrogens (tertiary/aromatic N) is 3. The highest BCUT2D eigenvalue weighted by molar-refractivity contribution is 5.79. The first-order chi connectivity index (χ1) is 11.1. The van der Waals surface area contributed by atoms with Crippen molar-refractivity contribution in [2.24, 2.45) is 5.92 Å². The van der Waals surface area contributed by atoms with Gasteiger partial charge in [-0.15, -0.1) is 0 Å². The lowest BCUT2D eigenvalue weighted by molar-refractivity contribution is -0.384. The molecule has 0 N–H and O–H groups in total. The molecule has 1 saturated heterocycles. The molecular weight excluding hydrogens is 294 g/mol. The minimum Gasteiger partial charge on any atom is -0.368 e. The minimum absolute atomic E-state index is 0.105. The van der Waals surface area contributed by atoms with E-state index in [1.165, 1.54) is 12.1 Å². The molecule has 1 aromatic rings. The number of nitro groups is 1. The number of rotatable bonds is 3. The molecule has 1 unspecified atom stereocenters. The van der Waals surface area contributed by atoms with E-state index in [2.05, 4.69) is 17.1 Å². The molecule has 0 bridgehead atoms. The molecule has 0 aromatic heterocycles. The molecule has 0 spiro atoms. The third-order valence-electron chi connectivity index (χ3n) is 4.64. The van der Waals surface area contributed by atoms with Crippen LogP contribution in [-0.2, 0) is 4.79 Å². The maximum atomic E-state index is 12.5. The molecule has 122 valence electrons. The Kier molecular flexibility index (Phi) is 4.60. The summed E-state index contributed by atoms with van der Waals surface area (Å²) >= 11 is 0. The van der Waals surface area contributed by atoms with Gasteiger partial charge in [0.15, 0.2) is 0 Å². The highest BCUT2D eigenvalue weighted by Crippen LogP contribution is 2.23. The van der Waals surface area contributed by atoms with Crippen LogP contribution in [0.1, 0.15) is 19.3 Å². The Bertz CT molecular complexity index is 604. The second-order valence-corrected chi connectivity index (χ2v) is 6.07. The molecule has 6 heteroatoms. The maximum Gasteiger partial charge on any atom is 0.269 e. The Morgan fingerprint density at radius 1 is 1.09 bits per heavy atom. The number of hydrogen-bond acceptors (Lipinski definition) is 4. The van der Waals surface area contributed by atoms with Gasteiger partial charge in [-0.1, -0.05) is 12.2 Å². The number of piperazine rings is 1. The molecule has 0 radical (unpaired) electrons. The van der Waals surface area contributed by atoms with Gasteiger partial charge in [-0.05, 0) is 31.4 Å². The van der Waals surface area contributed by atoms with E-state index in [-0.39, 0.29) is 22.4 Å². The fourth-order valence-electron chi connectivity index (χ4n) is 3.25. The predicted molar refractivity (Wildman–Crippen MR) is 88.4 cm³/mol. The Morgan fingerprint density at radius 3 is 2.35 bits per heavy atom. The number of benzene rings is 1. The molecule has 0 saturated carbocycles. The molecule has 1 atom stereocenters. The van der Waals surface area contributed by atoms with E-state index in [4.69, 9.17) is 0 Å². The van der Waals surface area contributed by atoms with Crippen LogP contribution in [0.15, 0.2) is 36.4 Å². The average molecular weight is 315 g/mol. The lowest BCUT2D eigenvalue weighted by Crippen LogP contribution is -2.50. The van der Waals surface area contributed by atoms with Gasteiger partial charge >= 0.3 is 0 Å².